The maximum Gasteiger partial charge on any atom is 0.270 e. The quantitative estimate of drug-likeness (QED) is 0.524. The van der Waals surface area contributed by atoms with Crippen molar-refractivity contribution in [1.82, 2.24) is 4.98 Å². The van der Waals surface area contributed by atoms with Crippen molar-refractivity contribution < 1.29 is 4.92 Å². The third-order valence-corrected chi connectivity index (χ3v) is 4.10. The Morgan fingerprint density at radius 3 is 3.00 bits per heavy atom. The zero-order chi connectivity index (χ0) is 13.8. The zero-order valence-electron chi connectivity index (χ0n) is 9.83. The van der Waals surface area contributed by atoms with Gasteiger partial charge in [0, 0.05) is 17.7 Å². The second kappa shape index (κ2) is 5.89. The smallest absolute Gasteiger partial charge is 0.258 e. The van der Waals surface area contributed by atoms with Gasteiger partial charge in [0.2, 0.25) is 5.13 Å². The third kappa shape index (κ3) is 3.58. The van der Waals surface area contributed by atoms with E-state index in [0.717, 1.165) is 9.48 Å². The number of anilines is 1. The molecule has 1 N–H and O–H groups in total. The lowest BCUT2D eigenvalue weighted by Crippen LogP contribution is -1.92. The molecule has 8 heteroatoms. The Kier molecular flexibility index (Phi) is 4.23. The number of nitrogens with zero attached hydrogens (tertiary/aromatic N) is 3. The van der Waals surface area contributed by atoms with E-state index in [1.165, 1.54) is 29.7 Å². The van der Waals surface area contributed by atoms with Gasteiger partial charge in [-0.05, 0) is 22.9 Å². The number of aromatic nitrogens is 1. The fraction of sp³-hybridized carbons (Fsp3) is 0.0909. The summed E-state index contributed by atoms with van der Waals surface area (Å²) in [5, 5.41) is 15.3. The van der Waals surface area contributed by atoms with Crippen molar-refractivity contribution in [2.75, 3.05) is 5.43 Å². The van der Waals surface area contributed by atoms with Crippen LogP contribution >= 0.6 is 27.3 Å². The predicted molar refractivity (Wildman–Crippen MR) is 78.9 cm³/mol. The van der Waals surface area contributed by atoms with Gasteiger partial charge in [-0.15, -0.1) is 0 Å². The molecule has 0 aliphatic heterocycles. The van der Waals surface area contributed by atoms with Crippen molar-refractivity contribution in [1.29, 1.82) is 0 Å². The van der Waals surface area contributed by atoms with E-state index in [1.807, 2.05) is 6.92 Å². The average Bonchev–Trinajstić information content (AvgIpc) is 2.69. The summed E-state index contributed by atoms with van der Waals surface area (Å²) >= 11 is 4.80. The molecule has 0 amide bonds. The Morgan fingerprint density at radius 1 is 1.58 bits per heavy atom. The van der Waals surface area contributed by atoms with Gasteiger partial charge in [0.05, 0.1) is 20.6 Å². The number of nitrogens with one attached hydrogen (secondary N) is 1. The molecule has 6 nitrogen and oxygen atoms in total. The van der Waals surface area contributed by atoms with Crippen molar-refractivity contribution in [3.63, 3.8) is 0 Å². The van der Waals surface area contributed by atoms with Gasteiger partial charge in [-0.1, -0.05) is 23.5 Å². The van der Waals surface area contributed by atoms with Crippen LogP contribution in [0.4, 0.5) is 10.8 Å². The molecule has 0 spiro atoms. The second-order valence-corrected chi connectivity index (χ2v) is 5.92. The summed E-state index contributed by atoms with van der Waals surface area (Å²) in [6.07, 6.45) is 1.51. The summed E-state index contributed by atoms with van der Waals surface area (Å²) in [5.74, 6) is 0. The first kappa shape index (κ1) is 13.6. The second-order valence-electron chi connectivity index (χ2n) is 3.60. The summed E-state index contributed by atoms with van der Waals surface area (Å²) in [6, 6.07) is 6.24. The average molecular weight is 341 g/mol. The molecule has 1 aromatic heterocycles. The predicted octanol–water partition coefficient (Wildman–Crippen LogP) is 3.57. The molecule has 0 aliphatic carbocycles. The molecule has 0 unspecified atom stereocenters. The van der Waals surface area contributed by atoms with E-state index in [2.05, 4.69) is 31.4 Å². The molecule has 0 aliphatic rings. The summed E-state index contributed by atoms with van der Waals surface area (Å²) in [4.78, 5) is 14.4. The van der Waals surface area contributed by atoms with Crippen molar-refractivity contribution in [2.45, 2.75) is 6.92 Å². The third-order valence-electron chi connectivity index (χ3n) is 2.19. The van der Waals surface area contributed by atoms with E-state index < -0.39 is 4.92 Å². The SMILES string of the molecule is Cc1nc(NN=Cc2cccc([N+](=O)[O-])c2)sc1Br. The van der Waals surface area contributed by atoms with Crippen LogP contribution in [0.1, 0.15) is 11.3 Å². The molecule has 0 atom stereocenters. The highest BCUT2D eigenvalue weighted by Gasteiger charge is 2.05. The number of benzene rings is 1. The monoisotopic (exact) mass is 340 g/mol. The fourth-order valence-electron chi connectivity index (χ4n) is 1.31. The lowest BCUT2D eigenvalue weighted by atomic mass is 10.2. The normalized spacial score (nSPS) is 10.8. The Bertz CT molecular complexity index is 622. The standard InChI is InChI=1S/C11H9BrN4O2S/c1-7-10(12)19-11(14-7)15-13-6-8-3-2-4-9(5-8)16(17)18/h2-6H,1H3,(H,14,15). The van der Waals surface area contributed by atoms with Crippen LogP contribution in [0.3, 0.4) is 0 Å². The largest absolute Gasteiger partial charge is 0.270 e. The van der Waals surface area contributed by atoms with E-state index in [9.17, 15) is 10.1 Å². The van der Waals surface area contributed by atoms with Crippen molar-refractivity contribution in [3.05, 3.63) is 49.4 Å². The van der Waals surface area contributed by atoms with Crippen LogP contribution in [0.15, 0.2) is 33.2 Å². The van der Waals surface area contributed by atoms with Gasteiger partial charge in [0.1, 0.15) is 0 Å². The van der Waals surface area contributed by atoms with Crippen molar-refractivity contribution in [2.24, 2.45) is 5.10 Å². The lowest BCUT2D eigenvalue weighted by Gasteiger charge is -1.95. The van der Waals surface area contributed by atoms with Crippen LogP contribution in [0.25, 0.3) is 0 Å². The van der Waals surface area contributed by atoms with E-state index in [4.69, 9.17) is 0 Å². The molecule has 19 heavy (non-hydrogen) atoms. The summed E-state index contributed by atoms with van der Waals surface area (Å²) in [6.45, 7) is 1.88. The molecular formula is C11H9BrN4O2S. The Labute approximate surface area is 121 Å². The molecule has 0 fully saturated rings. The summed E-state index contributed by atoms with van der Waals surface area (Å²) < 4.78 is 0.945. The highest BCUT2D eigenvalue weighted by molar-refractivity contribution is 9.11. The van der Waals surface area contributed by atoms with Crippen LogP contribution in [0.2, 0.25) is 0 Å². The van der Waals surface area contributed by atoms with Crippen molar-refractivity contribution in [3.8, 4) is 0 Å². The number of non-ortho nitro benzene ring substituents is 1. The number of hydrazone groups is 1. The minimum absolute atomic E-state index is 0.0387. The Morgan fingerprint density at radius 2 is 2.37 bits per heavy atom. The zero-order valence-corrected chi connectivity index (χ0v) is 12.2. The highest BCUT2D eigenvalue weighted by Crippen LogP contribution is 2.27. The van der Waals surface area contributed by atoms with Crippen molar-refractivity contribution >= 4 is 44.3 Å². The van der Waals surface area contributed by atoms with Crippen LogP contribution in [0, 0.1) is 17.0 Å². The minimum Gasteiger partial charge on any atom is -0.258 e. The van der Waals surface area contributed by atoms with E-state index >= 15 is 0 Å². The number of aryl methyl sites for hydroxylation is 1. The molecule has 2 aromatic rings. The number of nitro groups is 1. The van der Waals surface area contributed by atoms with Gasteiger partial charge in [0.25, 0.3) is 5.69 Å². The van der Waals surface area contributed by atoms with Crippen LogP contribution in [-0.4, -0.2) is 16.1 Å². The first-order chi connectivity index (χ1) is 9.06. The fourth-order valence-corrected chi connectivity index (χ4v) is 2.50. The van der Waals surface area contributed by atoms with Gasteiger partial charge in [-0.2, -0.15) is 5.10 Å². The topological polar surface area (TPSA) is 80.4 Å². The number of halogens is 1. The lowest BCUT2D eigenvalue weighted by molar-refractivity contribution is -0.384. The molecule has 0 saturated heterocycles. The number of thiazole rings is 1. The molecule has 2 rings (SSSR count). The Balaban J connectivity index is 2.06. The number of hydrogen-bond donors (Lipinski definition) is 1. The van der Waals surface area contributed by atoms with E-state index in [1.54, 1.807) is 12.1 Å². The van der Waals surface area contributed by atoms with Gasteiger partial charge in [-0.25, -0.2) is 4.98 Å². The maximum atomic E-state index is 10.6. The molecule has 98 valence electrons. The highest BCUT2D eigenvalue weighted by atomic mass is 79.9. The van der Waals surface area contributed by atoms with Gasteiger partial charge in [-0.3, -0.25) is 15.5 Å². The number of rotatable bonds is 4. The van der Waals surface area contributed by atoms with Gasteiger partial charge < -0.3 is 0 Å². The van der Waals surface area contributed by atoms with Crippen LogP contribution in [0.5, 0.6) is 0 Å². The first-order valence-corrected chi connectivity index (χ1v) is 6.83. The van der Waals surface area contributed by atoms with Gasteiger partial charge in [0.15, 0.2) is 0 Å². The van der Waals surface area contributed by atoms with Crippen LogP contribution in [-0.2, 0) is 0 Å². The summed E-state index contributed by atoms with van der Waals surface area (Å²) in [7, 11) is 0. The molecule has 0 bridgehead atoms. The molecule has 0 radical (unpaired) electrons. The maximum absolute atomic E-state index is 10.6. The molecule has 1 heterocycles. The van der Waals surface area contributed by atoms with Crippen LogP contribution < -0.4 is 5.43 Å². The number of hydrogen-bond acceptors (Lipinski definition) is 6. The number of nitro benzene ring substituents is 1. The molecular weight excluding hydrogens is 332 g/mol. The Hall–Kier alpha value is -1.80. The summed E-state index contributed by atoms with van der Waals surface area (Å²) in [5.41, 5.74) is 4.35. The minimum atomic E-state index is -0.438. The van der Waals surface area contributed by atoms with E-state index in [-0.39, 0.29) is 5.69 Å². The first-order valence-electron chi connectivity index (χ1n) is 5.23. The molecule has 1 aromatic carbocycles. The van der Waals surface area contributed by atoms with E-state index in [0.29, 0.717) is 10.7 Å². The van der Waals surface area contributed by atoms with Gasteiger partial charge >= 0.3 is 0 Å². The molecule has 0 saturated carbocycles.